The van der Waals surface area contributed by atoms with Crippen LogP contribution in [0.4, 0.5) is 4.39 Å². The maximum Gasteiger partial charge on any atom is 0.251 e. The van der Waals surface area contributed by atoms with Crippen LogP contribution in [0.5, 0.6) is 0 Å². The van der Waals surface area contributed by atoms with Crippen molar-refractivity contribution in [1.82, 2.24) is 5.32 Å². The molecule has 1 amide bonds. The zero-order valence-electron chi connectivity index (χ0n) is 9.66. The lowest BCUT2D eigenvalue weighted by molar-refractivity contribution is 0.0950. The quantitative estimate of drug-likeness (QED) is 0.887. The SMILES string of the molecule is Cl.NC(CNC(=O)c1cc(F)cc(Br)c1)C1CC1. The van der Waals surface area contributed by atoms with Gasteiger partial charge in [0.25, 0.3) is 5.91 Å². The Balaban J connectivity index is 0.00000162. The van der Waals surface area contributed by atoms with Crippen molar-refractivity contribution in [2.45, 2.75) is 18.9 Å². The first-order chi connectivity index (χ1) is 8.06. The molecule has 2 rings (SSSR count). The van der Waals surface area contributed by atoms with Gasteiger partial charge in [-0.2, -0.15) is 0 Å². The Hall–Kier alpha value is -0.650. The van der Waals surface area contributed by atoms with Crippen LogP contribution in [0.2, 0.25) is 0 Å². The van der Waals surface area contributed by atoms with Crippen molar-refractivity contribution in [3.8, 4) is 0 Å². The number of hydrogen-bond acceptors (Lipinski definition) is 2. The van der Waals surface area contributed by atoms with Gasteiger partial charge >= 0.3 is 0 Å². The van der Waals surface area contributed by atoms with E-state index in [-0.39, 0.29) is 24.4 Å². The summed E-state index contributed by atoms with van der Waals surface area (Å²) >= 11 is 3.15. The molecule has 1 aromatic rings. The van der Waals surface area contributed by atoms with Crippen LogP contribution in [-0.4, -0.2) is 18.5 Å². The summed E-state index contributed by atoms with van der Waals surface area (Å²) in [5.41, 5.74) is 6.17. The van der Waals surface area contributed by atoms with Crippen LogP contribution >= 0.6 is 28.3 Å². The van der Waals surface area contributed by atoms with Gasteiger partial charge in [-0.3, -0.25) is 4.79 Å². The molecule has 0 aromatic heterocycles. The van der Waals surface area contributed by atoms with Crippen LogP contribution < -0.4 is 11.1 Å². The minimum absolute atomic E-state index is 0. The third-order valence-electron chi connectivity index (χ3n) is 2.85. The first kappa shape index (κ1) is 15.4. The number of hydrogen-bond donors (Lipinski definition) is 2. The molecule has 100 valence electrons. The number of carbonyl (C=O) groups excluding carboxylic acids is 1. The van der Waals surface area contributed by atoms with Gasteiger partial charge in [-0.1, -0.05) is 15.9 Å². The summed E-state index contributed by atoms with van der Waals surface area (Å²) in [5.74, 6) is -0.188. The lowest BCUT2D eigenvalue weighted by Crippen LogP contribution is -2.38. The third-order valence-corrected chi connectivity index (χ3v) is 3.31. The Bertz CT molecular complexity index is 420. The largest absolute Gasteiger partial charge is 0.350 e. The standard InChI is InChI=1S/C12H14BrFN2O.ClH/c13-9-3-8(4-10(14)5-9)12(17)16-6-11(15)7-1-2-7;/h3-5,7,11H,1-2,6,15H2,(H,16,17);1H. The highest BCUT2D eigenvalue weighted by Gasteiger charge is 2.28. The van der Waals surface area contributed by atoms with Crippen LogP contribution in [-0.2, 0) is 0 Å². The van der Waals surface area contributed by atoms with E-state index in [0.29, 0.717) is 22.5 Å². The fraction of sp³-hybridized carbons (Fsp3) is 0.417. The molecule has 0 saturated heterocycles. The summed E-state index contributed by atoms with van der Waals surface area (Å²) in [5, 5.41) is 2.72. The Labute approximate surface area is 120 Å². The van der Waals surface area contributed by atoms with Crippen LogP contribution in [0.3, 0.4) is 0 Å². The number of nitrogens with one attached hydrogen (secondary N) is 1. The van der Waals surface area contributed by atoms with Crippen molar-refractivity contribution >= 4 is 34.2 Å². The van der Waals surface area contributed by atoms with Crippen molar-refractivity contribution in [2.75, 3.05) is 6.54 Å². The van der Waals surface area contributed by atoms with Gasteiger partial charge in [0.2, 0.25) is 0 Å². The zero-order valence-corrected chi connectivity index (χ0v) is 12.1. The molecule has 1 aromatic carbocycles. The lowest BCUT2D eigenvalue weighted by atomic mass is 10.1. The summed E-state index contributed by atoms with van der Waals surface area (Å²) < 4.78 is 13.6. The molecule has 1 unspecified atom stereocenters. The van der Waals surface area contributed by atoms with Crippen molar-refractivity contribution in [3.63, 3.8) is 0 Å². The first-order valence-corrected chi connectivity index (χ1v) is 6.35. The number of rotatable bonds is 4. The topological polar surface area (TPSA) is 55.1 Å². The Morgan fingerprint density at radius 3 is 2.72 bits per heavy atom. The maximum absolute atomic E-state index is 13.1. The van der Waals surface area contributed by atoms with Crippen LogP contribution in [0.1, 0.15) is 23.2 Å². The molecule has 0 bridgehead atoms. The summed E-state index contributed by atoms with van der Waals surface area (Å²) in [6.45, 7) is 0.442. The molecular weight excluding hydrogens is 323 g/mol. The van der Waals surface area contributed by atoms with E-state index in [1.54, 1.807) is 6.07 Å². The van der Waals surface area contributed by atoms with E-state index in [1.165, 1.54) is 12.1 Å². The Morgan fingerprint density at radius 2 is 2.17 bits per heavy atom. The Morgan fingerprint density at radius 1 is 1.50 bits per heavy atom. The number of carbonyl (C=O) groups is 1. The lowest BCUT2D eigenvalue weighted by Gasteiger charge is -2.11. The van der Waals surface area contributed by atoms with Crippen molar-refractivity contribution in [3.05, 3.63) is 34.1 Å². The normalized spacial score (nSPS) is 15.7. The van der Waals surface area contributed by atoms with Crippen LogP contribution in [0.25, 0.3) is 0 Å². The molecule has 1 fully saturated rings. The first-order valence-electron chi connectivity index (χ1n) is 5.56. The highest BCUT2D eigenvalue weighted by Crippen LogP contribution is 2.31. The van der Waals surface area contributed by atoms with Gasteiger partial charge < -0.3 is 11.1 Å². The van der Waals surface area contributed by atoms with Crippen LogP contribution in [0, 0.1) is 11.7 Å². The summed E-state index contributed by atoms with van der Waals surface area (Å²) in [7, 11) is 0. The van der Waals surface area contributed by atoms with E-state index in [0.717, 1.165) is 12.8 Å². The van der Waals surface area contributed by atoms with Gasteiger partial charge in [-0.15, -0.1) is 12.4 Å². The second kappa shape index (κ2) is 6.50. The maximum atomic E-state index is 13.1. The summed E-state index contributed by atoms with van der Waals surface area (Å²) in [6.07, 6.45) is 2.28. The van der Waals surface area contributed by atoms with E-state index >= 15 is 0 Å². The number of halogens is 3. The van der Waals surface area contributed by atoms with Crippen molar-refractivity contribution in [2.24, 2.45) is 11.7 Å². The predicted octanol–water partition coefficient (Wildman–Crippen LogP) is 2.48. The molecule has 1 atom stereocenters. The van der Waals surface area contributed by atoms with Gasteiger partial charge in [0.05, 0.1) is 0 Å². The molecule has 18 heavy (non-hydrogen) atoms. The molecule has 1 aliphatic rings. The van der Waals surface area contributed by atoms with E-state index in [2.05, 4.69) is 21.2 Å². The fourth-order valence-electron chi connectivity index (χ4n) is 1.69. The van der Waals surface area contributed by atoms with Gasteiger partial charge in [-0.25, -0.2) is 4.39 Å². The predicted molar refractivity (Wildman–Crippen MR) is 74.4 cm³/mol. The van der Waals surface area contributed by atoms with Gasteiger partial charge in [-0.05, 0) is 37.0 Å². The van der Waals surface area contributed by atoms with E-state index < -0.39 is 5.82 Å². The van der Waals surface area contributed by atoms with Gasteiger partial charge in [0, 0.05) is 22.6 Å². The van der Waals surface area contributed by atoms with Gasteiger partial charge in [0.1, 0.15) is 5.82 Å². The monoisotopic (exact) mass is 336 g/mol. The minimum Gasteiger partial charge on any atom is -0.350 e. The van der Waals surface area contributed by atoms with Crippen LogP contribution in [0.15, 0.2) is 22.7 Å². The molecule has 0 aliphatic heterocycles. The fourth-order valence-corrected chi connectivity index (χ4v) is 2.15. The average molecular weight is 338 g/mol. The zero-order chi connectivity index (χ0) is 12.4. The average Bonchev–Trinajstić information content (AvgIpc) is 3.07. The van der Waals surface area contributed by atoms with Crippen molar-refractivity contribution in [1.29, 1.82) is 0 Å². The molecule has 0 spiro atoms. The molecule has 1 saturated carbocycles. The molecular formula is C12H15BrClFN2O. The minimum atomic E-state index is -0.434. The molecule has 0 heterocycles. The van der Waals surface area contributed by atoms with E-state index in [4.69, 9.17) is 5.73 Å². The second-order valence-corrected chi connectivity index (χ2v) is 5.29. The molecule has 6 heteroatoms. The molecule has 3 nitrogen and oxygen atoms in total. The highest BCUT2D eigenvalue weighted by atomic mass is 79.9. The van der Waals surface area contributed by atoms with Crippen molar-refractivity contribution < 1.29 is 9.18 Å². The van der Waals surface area contributed by atoms with E-state index in [9.17, 15) is 9.18 Å². The van der Waals surface area contributed by atoms with Gasteiger partial charge in [0.15, 0.2) is 0 Å². The third kappa shape index (κ3) is 4.23. The smallest absolute Gasteiger partial charge is 0.251 e. The number of amides is 1. The summed E-state index contributed by atoms with van der Waals surface area (Å²) in [4.78, 5) is 11.7. The number of benzene rings is 1. The second-order valence-electron chi connectivity index (χ2n) is 4.37. The highest BCUT2D eigenvalue weighted by molar-refractivity contribution is 9.10. The van der Waals surface area contributed by atoms with E-state index in [1.807, 2.05) is 0 Å². The number of nitrogens with two attached hydrogens (primary N) is 1. The molecule has 3 N–H and O–H groups in total. The summed E-state index contributed by atoms with van der Waals surface area (Å²) in [6, 6.07) is 4.12. The molecule has 0 radical (unpaired) electrons. The Kier molecular flexibility index (Phi) is 5.56. The molecule has 1 aliphatic carbocycles.